The Labute approximate surface area is 74.3 Å². The van der Waals surface area contributed by atoms with Crippen LogP contribution in [-0.2, 0) is 4.74 Å². The maximum atomic E-state index is 8.72. The molecule has 0 aromatic rings. The lowest BCUT2D eigenvalue weighted by atomic mass is 10.1. The molecule has 12 heavy (non-hydrogen) atoms. The van der Waals surface area contributed by atoms with Gasteiger partial charge in [-0.15, -0.1) is 0 Å². The first-order valence-electron chi connectivity index (χ1n) is 4.77. The fourth-order valence-corrected chi connectivity index (χ4v) is 1.68. The number of aliphatic hydroxyl groups excluding tert-OH is 1. The van der Waals surface area contributed by atoms with Gasteiger partial charge in [-0.25, -0.2) is 0 Å². The average molecular weight is 173 g/mol. The molecule has 1 atom stereocenters. The summed E-state index contributed by atoms with van der Waals surface area (Å²) in [5.74, 6) is 0.691. The average Bonchev–Trinajstić information content (AvgIpc) is 2.50. The molecular formula is C9H19NO2. The van der Waals surface area contributed by atoms with Gasteiger partial charge in [0, 0.05) is 19.7 Å². The molecular weight excluding hydrogens is 154 g/mol. The molecule has 0 amide bonds. The number of nitrogens with zero attached hydrogens (tertiary/aromatic N) is 1. The highest BCUT2D eigenvalue weighted by molar-refractivity contribution is 4.74. The molecule has 1 aliphatic heterocycles. The quantitative estimate of drug-likeness (QED) is 0.650. The van der Waals surface area contributed by atoms with Gasteiger partial charge in [-0.2, -0.15) is 0 Å². The number of hydrogen-bond acceptors (Lipinski definition) is 3. The molecule has 0 saturated carbocycles. The van der Waals surface area contributed by atoms with E-state index in [0.29, 0.717) is 5.92 Å². The van der Waals surface area contributed by atoms with Gasteiger partial charge in [0.25, 0.3) is 0 Å². The molecule has 0 aliphatic carbocycles. The number of aliphatic hydroxyl groups is 1. The maximum Gasteiger partial charge on any atom is 0.0558 e. The van der Waals surface area contributed by atoms with Crippen molar-refractivity contribution < 1.29 is 9.84 Å². The van der Waals surface area contributed by atoms with E-state index in [1.54, 1.807) is 0 Å². The van der Waals surface area contributed by atoms with E-state index in [-0.39, 0.29) is 6.61 Å². The Morgan fingerprint density at radius 2 is 2.42 bits per heavy atom. The largest absolute Gasteiger partial charge is 0.395 e. The molecule has 0 unspecified atom stereocenters. The molecule has 3 nitrogen and oxygen atoms in total. The van der Waals surface area contributed by atoms with Crippen LogP contribution in [0.15, 0.2) is 0 Å². The Bertz CT molecular complexity index is 119. The Balaban J connectivity index is 2.08. The first kappa shape index (κ1) is 9.96. The summed E-state index contributed by atoms with van der Waals surface area (Å²) in [6.07, 6.45) is 1.22. The molecule has 1 fully saturated rings. The van der Waals surface area contributed by atoms with E-state index in [1.165, 1.54) is 6.42 Å². The zero-order chi connectivity index (χ0) is 8.81. The van der Waals surface area contributed by atoms with E-state index in [0.717, 1.165) is 32.8 Å². The van der Waals surface area contributed by atoms with Crippen molar-refractivity contribution in [3.63, 3.8) is 0 Å². The summed E-state index contributed by atoms with van der Waals surface area (Å²) in [6.45, 7) is 7.05. The molecule has 1 heterocycles. The lowest BCUT2D eigenvalue weighted by molar-refractivity contribution is 0.110. The second-order valence-electron chi connectivity index (χ2n) is 3.34. The van der Waals surface area contributed by atoms with Gasteiger partial charge in [-0.3, -0.25) is 0 Å². The third-order valence-electron chi connectivity index (χ3n) is 2.34. The lowest BCUT2D eigenvalue weighted by Gasteiger charge is -2.13. The van der Waals surface area contributed by atoms with Crippen LogP contribution in [0, 0.1) is 5.92 Å². The van der Waals surface area contributed by atoms with E-state index in [2.05, 4.69) is 4.90 Å². The molecule has 0 bridgehead atoms. The zero-order valence-corrected chi connectivity index (χ0v) is 7.83. The molecule has 1 N–H and O–H groups in total. The first-order valence-corrected chi connectivity index (χ1v) is 4.77. The van der Waals surface area contributed by atoms with Crippen LogP contribution in [0.1, 0.15) is 13.3 Å². The van der Waals surface area contributed by atoms with Crippen molar-refractivity contribution in [2.75, 3.05) is 39.5 Å². The van der Waals surface area contributed by atoms with Gasteiger partial charge in [0.15, 0.2) is 0 Å². The van der Waals surface area contributed by atoms with Gasteiger partial charge in [0.1, 0.15) is 0 Å². The maximum absolute atomic E-state index is 8.72. The summed E-state index contributed by atoms with van der Waals surface area (Å²) >= 11 is 0. The molecule has 3 heteroatoms. The van der Waals surface area contributed by atoms with Gasteiger partial charge < -0.3 is 14.7 Å². The van der Waals surface area contributed by atoms with Crippen molar-refractivity contribution in [2.45, 2.75) is 13.3 Å². The van der Waals surface area contributed by atoms with Crippen LogP contribution in [0.2, 0.25) is 0 Å². The van der Waals surface area contributed by atoms with Crippen molar-refractivity contribution in [3.05, 3.63) is 0 Å². The normalized spacial score (nSPS) is 25.0. The second-order valence-corrected chi connectivity index (χ2v) is 3.34. The minimum atomic E-state index is 0.279. The van der Waals surface area contributed by atoms with Crippen LogP contribution in [0.3, 0.4) is 0 Å². The van der Waals surface area contributed by atoms with Gasteiger partial charge in [-0.1, -0.05) is 0 Å². The topological polar surface area (TPSA) is 32.7 Å². The van der Waals surface area contributed by atoms with Crippen LogP contribution in [0.5, 0.6) is 0 Å². The number of hydrogen-bond donors (Lipinski definition) is 1. The van der Waals surface area contributed by atoms with E-state index < -0.39 is 0 Å². The Morgan fingerprint density at radius 1 is 1.58 bits per heavy atom. The Hall–Kier alpha value is -0.120. The van der Waals surface area contributed by atoms with Gasteiger partial charge in [-0.05, 0) is 25.8 Å². The number of likely N-dealkylation sites (tertiary alicyclic amines) is 1. The van der Waals surface area contributed by atoms with Crippen molar-refractivity contribution >= 4 is 0 Å². The van der Waals surface area contributed by atoms with Crippen LogP contribution < -0.4 is 0 Å². The van der Waals surface area contributed by atoms with Crippen LogP contribution >= 0.6 is 0 Å². The SMILES string of the molecule is CCOC[C@H]1CCN(CCO)C1. The Morgan fingerprint density at radius 3 is 3.08 bits per heavy atom. The summed E-state index contributed by atoms with van der Waals surface area (Å²) < 4.78 is 5.35. The molecule has 1 saturated heterocycles. The lowest BCUT2D eigenvalue weighted by Crippen LogP contribution is -2.25. The zero-order valence-electron chi connectivity index (χ0n) is 7.83. The molecule has 72 valence electrons. The van der Waals surface area contributed by atoms with Crippen LogP contribution in [-0.4, -0.2) is 49.5 Å². The monoisotopic (exact) mass is 173 g/mol. The van der Waals surface area contributed by atoms with E-state index in [1.807, 2.05) is 6.92 Å². The summed E-state index contributed by atoms with van der Waals surface area (Å²) in [6, 6.07) is 0. The first-order chi connectivity index (χ1) is 5.86. The summed E-state index contributed by atoms with van der Waals surface area (Å²) in [5, 5.41) is 8.72. The van der Waals surface area contributed by atoms with Gasteiger partial charge in [0.2, 0.25) is 0 Å². The molecule has 1 aliphatic rings. The van der Waals surface area contributed by atoms with Gasteiger partial charge >= 0.3 is 0 Å². The smallest absolute Gasteiger partial charge is 0.0558 e. The molecule has 0 radical (unpaired) electrons. The number of rotatable bonds is 5. The highest BCUT2D eigenvalue weighted by Crippen LogP contribution is 2.15. The Kier molecular flexibility index (Phi) is 4.58. The minimum Gasteiger partial charge on any atom is -0.395 e. The predicted octanol–water partition coefficient (Wildman–Crippen LogP) is 0.337. The fourth-order valence-electron chi connectivity index (χ4n) is 1.68. The van der Waals surface area contributed by atoms with E-state index in [4.69, 9.17) is 9.84 Å². The second kappa shape index (κ2) is 5.51. The van der Waals surface area contributed by atoms with E-state index >= 15 is 0 Å². The minimum absolute atomic E-state index is 0.279. The summed E-state index contributed by atoms with van der Waals surface area (Å²) in [7, 11) is 0. The number of β-amino-alcohol motifs (C(OH)–C–C–N with tert-alkyl or cyclic N) is 1. The van der Waals surface area contributed by atoms with Crippen LogP contribution in [0.4, 0.5) is 0 Å². The van der Waals surface area contributed by atoms with Crippen molar-refractivity contribution in [3.8, 4) is 0 Å². The van der Waals surface area contributed by atoms with E-state index in [9.17, 15) is 0 Å². The third kappa shape index (κ3) is 3.09. The fraction of sp³-hybridized carbons (Fsp3) is 1.00. The molecule has 0 aromatic heterocycles. The standard InChI is InChI=1S/C9H19NO2/c1-2-12-8-9-3-4-10(7-9)5-6-11/h9,11H,2-8H2,1H3/t9-/m0/s1. The van der Waals surface area contributed by atoms with Crippen LogP contribution in [0.25, 0.3) is 0 Å². The molecule has 0 aromatic carbocycles. The molecule has 1 rings (SSSR count). The third-order valence-corrected chi connectivity index (χ3v) is 2.34. The van der Waals surface area contributed by atoms with Crippen molar-refractivity contribution in [1.82, 2.24) is 4.90 Å². The highest BCUT2D eigenvalue weighted by Gasteiger charge is 2.21. The summed E-state index contributed by atoms with van der Waals surface area (Å²) in [5.41, 5.74) is 0. The number of ether oxygens (including phenoxy) is 1. The highest BCUT2D eigenvalue weighted by atomic mass is 16.5. The van der Waals surface area contributed by atoms with Gasteiger partial charge in [0.05, 0.1) is 13.2 Å². The van der Waals surface area contributed by atoms with Crippen molar-refractivity contribution in [1.29, 1.82) is 0 Å². The van der Waals surface area contributed by atoms with Crippen molar-refractivity contribution in [2.24, 2.45) is 5.92 Å². The predicted molar refractivity (Wildman–Crippen MR) is 48.1 cm³/mol. The molecule has 0 spiro atoms. The summed E-state index contributed by atoms with van der Waals surface area (Å²) in [4.78, 5) is 2.30.